The molecule has 0 spiro atoms. The third-order valence-corrected chi connectivity index (χ3v) is 4.13. The first-order valence-corrected chi connectivity index (χ1v) is 8.73. The van der Waals surface area contributed by atoms with Gasteiger partial charge in [-0.05, 0) is 37.1 Å². The number of nitrogens with one attached hydrogen (secondary N) is 1. The number of halogens is 4. The minimum atomic E-state index is -4.49. The number of aromatic nitrogens is 6. The summed E-state index contributed by atoms with van der Waals surface area (Å²) in [7, 11) is 0. The van der Waals surface area contributed by atoms with E-state index in [0.717, 1.165) is 18.0 Å². The highest BCUT2D eigenvalue weighted by molar-refractivity contribution is 6.28. The fourth-order valence-electron chi connectivity index (χ4n) is 2.57. The summed E-state index contributed by atoms with van der Waals surface area (Å²) in [4.78, 5) is 19.6. The standard InChI is InChI=1S/C17H17ClF3N7/c1-10-4-23-16(18)27-15(10)13-7-28(9-26-13)6-11(2)22-5-12-3-14(17(19,20)21)25-8-24-12/h3-4,7-9,11,22H,5-6H2,1-2H3. The second kappa shape index (κ2) is 8.19. The topological polar surface area (TPSA) is 81.4 Å². The van der Waals surface area contributed by atoms with Crippen LogP contribution in [0, 0.1) is 6.92 Å². The largest absolute Gasteiger partial charge is 0.433 e. The van der Waals surface area contributed by atoms with E-state index in [1.165, 1.54) is 0 Å². The molecule has 0 amide bonds. The van der Waals surface area contributed by atoms with Gasteiger partial charge < -0.3 is 9.88 Å². The van der Waals surface area contributed by atoms with Crippen LogP contribution in [0.1, 0.15) is 23.9 Å². The Morgan fingerprint density at radius 2 is 2.00 bits per heavy atom. The van der Waals surface area contributed by atoms with Crippen molar-refractivity contribution in [3.05, 3.63) is 53.3 Å². The van der Waals surface area contributed by atoms with E-state index < -0.39 is 11.9 Å². The van der Waals surface area contributed by atoms with Crippen molar-refractivity contribution >= 4 is 11.6 Å². The van der Waals surface area contributed by atoms with Crippen LogP contribution in [-0.4, -0.2) is 35.5 Å². The van der Waals surface area contributed by atoms with Crippen molar-refractivity contribution in [1.82, 2.24) is 34.8 Å². The molecule has 1 N–H and O–H groups in total. The number of nitrogens with zero attached hydrogens (tertiary/aromatic N) is 6. The smallest absolute Gasteiger partial charge is 0.335 e. The van der Waals surface area contributed by atoms with E-state index >= 15 is 0 Å². The van der Waals surface area contributed by atoms with Gasteiger partial charge in [-0.3, -0.25) is 0 Å². The first-order chi connectivity index (χ1) is 13.2. The summed E-state index contributed by atoms with van der Waals surface area (Å²) in [6.45, 7) is 4.53. The number of rotatable bonds is 6. The maximum atomic E-state index is 12.7. The lowest BCUT2D eigenvalue weighted by atomic mass is 10.2. The Bertz CT molecular complexity index is 958. The molecule has 0 bridgehead atoms. The van der Waals surface area contributed by atoms with Crippen molar-refractivity contribution in [1.29, 1.82) is 0 Å². The molecule has 1 unspecified atom stereocenters. The van der Waals surface area contributed by atoms with Gasteiger partial charge in [-0.2, -0.15) is 13.2 Å². The zero-order chi connectivity index (χ0) is 20.3. The van der Waals surface area contributed by atoms with Crippen LogP contribution < -0.4 is 5.32 Å². The summed E-state index contributed by atoms with van der Waals surface area (Å²) in [6, 6.07) is 0.901. The lowest BCUT2D eigenvalue weighted by molar-refractivity contribution is -0.141. The minimum absolute atomic E-state index is 0.0403. The Hall–Kier alpha value is -2.59. The Kier molecular flexibility index (Phi) is 5.90. The molecule has 3 rings (SSSR count). The van der Waals surface area contributed by atoms with Crippen molar-refractivity contribution < 1.29 is 13.2 Å². The molecule has 0 saturated carbocycles. The average molecular weight is 412 g/mol. The second-order valence-electron chi connectivity index (χ2n) is 6.30. The quantitative estimate of drug-likeness (QED) is 0.627. The number of imidazole rings is 1. The molecule has 0 aliphatic heterocycles. The molecule has 0 saturated heterocycles. The van der Waals surface area contributed by atoms with E-state index in [1.54, 1.807) is 12.5 Å². The van der Waals surface area contributed by atoms with Gasteiger partial charge in [0.2, 0.25) is 5.28 Å². The number of hydrogen-bond acceptors (Lipinski definition) is 6. The molecular weight excluding hydrogens is 395 g/mol. The van der Waals surface area contributed by atoms with Gasteiger partial charge in [0, 0.05) is 31.5 Å². The molecule has 3 heterocycles. The van der Waals surface area contributed by atoms with Crippen molar-refractivity contribution in [2.45, 2.75) is 39.2 Å². The van der Waals surface area contributed by atoms with E-state index in [4.69, 9.17) is 11.6 Å². The number of aryl methyl sites for hydroxylation is 1. The highest BCUT2D eigenvalue weighted by Gasteiger charge is 2.32. The molecule has 0 aliphatic carbocycles. The highest BCUT2D eigenvalue weighted by Crippen LogP contribution is 2.27. The first-order valence-electron chi connectivity index (χ1n) is 8.35. The molecule has 0 radical (unpaired) electrons. The fraction of sp³-hybridized carbons (Fsp3) is 0.353. The first kappa shape index (κ1) is 20.2. The third-order valence-electron chi connectivity index (χ3n) is 3.95. The summed E-state index contributed by atoms with van der Waals surface area (Å²) in [5, 5.41) is 3.29. The fourth-order valence-corrected chi connectivity index (χ4v) is 2.70. The van der Waals surface area contributed by atoms with E-state index in [1.807, 2.05) is 24.6 Å². The predicted molar refractivity (Wildman–Crippen MR) is 96.3 cm³/mol. The van der Waals surface area contributed by atoms with Gasteiger partial charge >= 0.3 is 6.18 Å². The molecule has 11 heteroatoms. The van der Waals surface area contributed by atoms with Gasteiger partial charge in [0.25, 0.3) is 0 Å². The van der Waals surface area contributed by atoms with Crippen molar-refractivity contribution in [2.24, 2.45) is 0 Å². The molecule has 1 atom stereocenters. The van der Waals surface area contributed by atoms with Gasteiger partial charge in [-0.1, -0.05) is 0 Å². The van der Waals surface area contributed by atoms with Crippen LogP contribution in [-0.2, 0) is 19.3 Å². The summed E-state index contributed by atoms with van der Waals surface area (Å²) < 4.78 is 40.0. The normalized spacial score (nSPS) is 12.9. The van der Waals surface area contributed by atoms with Crippen LogP contribution in [0.3, 0.4) is 0 Å². The van der Waals surface area contributed by atoms with Gasteiger partial charge in [-0.25, -0.2) is 24.9 Å². The maximum Gasteiger partial charge on any atom is 0.433 e. The van der Waals surface area contributed by atoms with Crippen molar-refractivity contribution in [2.75, 3.05) is 0 Å². The van der Waals surface area contributed by atoms with Crippen LogP contribution in [0.25, 0.3) is 11.4 Å². The summed E-state index contributed by atoms with van der Waals surface area (Å²) in [5.74, 6) is 0. The maximum absolute atomic E-state index is 12.7. The van der Waals surface area contributed by atoms with Gasteiger partial charge in [0.05, 0.1) is 17.7 Å². The van der Waals surface area contributed by atoms with E-state index in [9.17, 15) is 13.2 Å². The van der Waals surface area contributed by atoms with Crippen molar-refractivity contribution in [3.63, 3.8) is 0 Å². The molecule has 28 heavy (non-hydrogen) atoms. The van der Waals surface area contributed by atoms with Crippen LogP contribution in [0.2, 0.25) is 5.28 Å². The molecule has 7 nitrogen and oxygen atoms in total. The summed E-state index contributed by atoms with van der Waals surface area (Å²) in [6.07, 6.45) is 1.55. The number of alkyl halides is 3. The van der Waals surface area contributed by atoms with Gasteiger partial charge in [0.15, 0.2) is 0 Å². The highest BCUT2D eigenvalue weighted by atomic mass is 35.5. The summed E-state index contributed by atoms with van der Waals surface area (Å²) in [5.41, 5.74) is 1.49. The SMILES string of the molecule is Cc1cnc(Cl)nc1-c1cn(CC(C)NCc2cc(C(F)(F)F)ncn2)cn1. The Morgan fingerprint density at radius 3 is 2.75 bits per heavy atom. The van der Waals surface area contributed by atoms with Crippen molar-refractivity contribution in [3.8, 4) is 11.4 Å². The average Bonchev–Trinajstić information content (AvgIpc) is 3.10. The van der Waals surface area contributed by atoms with Crippen LogP contribution in [0.4, 0.5) is 13.2 Å². The predicted octanol–water partition coefficient (Wildman–Crippen LogP) is 3.29. The van der Waals surface area contributed by atoms with Gasteiger partial charge in [0.1, 0.15) is 17.7 Å². The zero-order valence-electron chi connectivity index (χ0n) is 15.1. The Morgan fingerprint density at radius 1 is 1.21 bits per heavy atom. The lowest BCUT2D eigenvalue weighted by Crippen LogP contribution is -2.30. The molecular formula is C17H17ClF3N7. The monoisotopic (exact) mass is 411 g/mol. The van der Waals surface area contributed by atoms with Crippen LogP contribution in [0.15, 0.2) is 31.1 Å². The van der Waals surface area contributed by atoms with Crippen LogP contribution in [0.5, 0.6) is 0 Å². The van der Waals surface area contributed by atoms with E-state index in [-0.39, 0.29) is 23.6 Å². The molecule has 0 aromatic carbocycles. The van der Waals surface area contributed by atoms with E-state index in [2.05, 4.69) is 30.2 Å². The molecule has 0 fully saturated rings. The van der Waals surface area contributed by atoms with Crippen LogP contribution >= 0.6 is 11.6 Å². The lowest BCUT2D eigenvalue weighted by Gasteiger charge is -2.14. The number of hydrogen-bond donors (Lipinski definition) is 1. The van der Waals surface area contributed by atoms with E-state index in [0.29, 0.717) is 17.9 Å². The zero-order valence-corrected chi connectivity index (χ0v) is 15.8. The Balaban J connectivity index is 1.61. The minimum Gasteiger partial charge on any atom is -0.335 e. The molecule has 148 valence electrons. The second-order valence-corrected chi connectivity index (χ2v) is 6.64. The molecule has 3 aromatic rings. The third kappa shape index (κ3) is 5.02. The van der Waals surface area contributed by atoms with Gasteiger partial charge in [-0.15, -0.1) is 0 Å². The summed E-state index contributed by atoms with van der Waals surface area (Å²) >= 11 is 5.85. The molecule has 0 aliphatic rings. The molecule has 3 aromatic heterocycles. The Labute approximate surface area is 164 Å².